The third-order valence-electron chi connectivity index (χ3n) is 2.36. The van der Waals surface area contributed by atoms with Gasteiger partial charge in [-0.3, -0.25) is 4.90 Å². The van der Waals surface area contributed by atoms with Gasteiger partial charge in [-0.2, -0.15) is 0 Å². The average Bonchev–Trinajstić information content (AvgIpc) is 2.33. The summed E-state index contributed by atoms with van der Waals surface area (Å²) >= 11 is 0. The Hall–Kier alpha value is -0.0800. The third-order valence-corrected chi connectivity index (χ3v) is 2.36. The van der Waals surface area contributed by atoms with E-state index in [-0.39, 0.29) is 0 Å². The van der Waals surface area contributed by atoms with Crippen molar-refractivity contribution < 1.29 is 0 Å². The van der Waals surface area contributed by atoms with Crippen LogP contribution in [-0.2, 0) is 0 Å². The van der Waals surface area contributed by atoms with Gasteiger partial charge in [-0.1, -0.05) is 0 Å². The van der Waals surface area contributed by atoms with Crippen LogP contribution in [0.4, 0.5) is 0 Å². The lowest BCUT2D eigenvalue weighted by atomic mass is 10.2. The number of hydrogen-bond acceptors (Lipinski definition) is 2. The Balaban J connectivity index is 2.42. The topological polar surface area (TPSA) is 29.3 Å². The van der Waals surface area contributed by atoms with Gasteiger partial charge in [0.05, 0.1) is 0 Å². The zero-order chi connectivity index (χ0) is 7.56. The minimum atomic E-state index is 0.667. The molecule has 0 amide bonds. The highest BCUT2D eigenvalue weighted by atomic mass is 15.2. The highest BCUT2D eigenvalue weighted by molar-refractivity contribution is 4.81. The van der Waals surface area contributed by atoms with Gasteiger partial charge in [-0.25, -0.2) is 0 Å². The maximum absolute atomic E-state index is 5.62. The monoisotopic (exact) mass is 142 g/mol. The van der Waals surface area contributed by atoms with E-state index in [1.54, 1.807) is 0 Å². The van der Waals surface area contributed by atoms with Crippen molar-refractivity contribution in [3.05, 3.63) is 0 Å². The molecule has 0 aromatic heterocycles. The van der Waals surface area contributed by atoms with Gasteiger partial charge >= 0.3 is 0 Å². The van der Waals surface area contributed by atoms with Gasteiger partial charge in [0, 0.05) is 18.6 Å². The zero-order valence-electron chi connectivity index (χ0n) is 7.01. The van der Waals surface area contributed by atoms with Crippen molar-refractivity contribution in [3.8, 4) is 0 Å². The Bertz CT molecular complexity index is 101. The first kappa shape index (κ1) is 8.02. The van der Waals surface area contributed by atoms with Crippen LogP contribution in [0.15, 0.2) is 0 Å². The molecule has 2 N–H and O–H groups in total. The summed E-state index contributed by atoms with van der Waals surface area (Å²) in [6.07, 6.45) is 2.63. The minimum Gasteiger partial charge on any atom is -0.329 e. The summed E-state index contributed by atoms with van der Waals surface area (Å²) in [6.45, 7) is 6.57. The van der Waals surface area contributed by atoms with Crippen LogP contribution in [0.3, 0.4) is 0 Å². The molecule has 0 bridgehead atoms. The van der Waals surface area contributed by atoms with E-state index < -0.39 is 0 Å². The highest BCUT2D eigenvalue weighted by Crippen LogP contribution is 2.18. The van der Waals surface area contributed by atoms with E-state index in [0.717, 1.165) is 6.54 Å². The second kappa shape index (κ2) is 3.35. The fourth-order valence-electron chi connectivity index (χ4n) is 1.79. The molecule has 60 valence electrons. The molecule has 0 saturated carbocycles. The molecule has 2 nitrogen and oxygen atoms in total. The highest BCUT2D eigenvalue weighted by Gasteiger charge is 2.24. The summed E-state index contributed by atoms with van der Waals surface area (Å²) in [6, 6.07) is 1.34. The molecule has 1 atom stereocenters. The molecular weight excluding hydrogens is 124 g/mol. The molecule has 0 unspecified atom stereocenters. The minimum absolute atomic E-state index is 0.667. The predicted octanol–water partition coefficient (Wildman–Crippen LogP) is 0.818. The number of nitrogens with two attached hydrogens (primary N) is 1. The molecule has 1 aliphatic rings. The molecule has 0 spiro atoms. The van der Waals surface area contributed by atoms with Crippen molar-refractivity contribution in [2.24, 2.45) is 5.73 Å². The Labute approximate surface area is 63.4 Å². The van der Waals surface area contributed by atoms with Crippen LogP contribution in [0.5, 0.6) is 0 Å². The quantitative estimate of drug-likeness (QED) is 0.618. The normalized spacial score (nSPS) is 28.2. The standard InChI is InChI=1S/C8H18N2/c1-7(2)10-5-3-4-8(10)6-9/h7-8H,3-6,9H2,1-2H3/t8-/m0/s1. The maximum Gasteiger partial charge on any atom is 0.0221 e. The van der Waals surface area contributed by atoms with E-state index in [0.29, 0.717) is 12.1 Å². The lowest BCUT2D eigenvalue weighted by Crippen LogP contribution is -2.39. The van der Waals surface area contributed by atoms with Crippen LogP contribution in [0.25, 0.3) is 0 Å². The van der Waals surface area contributed by atoms with Crippen LogP contribution >= 0.6 is 0 Å². The molecule has 0 aromatic rings. The number of rotatable bonds is 2. The molecule has 10 heavy (non-hydrogen) atoms. The molecule has 0 radical (unpaired) electrons. The van der Waals surface area contributed by atoms with Crippen molar-refractivity contribution in [1.29, 1.82) is 0 Å². The van der Waals surface area contributed by atoms with E-state index in [1.165, 1.54) is 19.4 Å². The lowest BCUT2D eigenvalue weighted by molar-refractivity contribution is 0.208. The Morgan fingerprint density at radius 1 is 1.60 bits per heavy atom. The van der Waals surface area contributed by atoms with Crippen molar-refractivity contribution in [2.75, 3.05) is 13.1 Å². The van der Waals surface area contributed by atoms with Crippen molar-refractivity contribution in [2.45, 2.75) is 38.8 Å². The molecule has 1 aliphatic heterocycles. The fraction of sp³-hybridized carbons (Fsp3) is 1.00. The summed E-state index contributed by atoms with van der Waals surface area (Å²) in [5.41, 5.74) is 5.62. The summed E-state index contributed by atoms with van der Waals surface area (Å²) in [4.78, 5) is 2.50. The molecule has 1 saturated heterocycles. The van der Waals surface area contributed by atoms with Crippen LogP contribution < -0.4 is 5.73 Å². The second-order valence-electron chi connectivity index (χ2n) is 3.36. The summed E-state index contributed by atoms with van der Waals surface area (Å²) in [7, 11) is 0. The van der Waals surface area contributed by atoms with Crippen LogP contribution in [-0.4, -0.2) is 30.1 Å². The summed E-state index contributed by atoms with van der Waals surface area (Å²) < 4.78 is 0. The van der Waals surface area contributed by atoms with Crippen LogP contribution in [0, 0.1) is 0 Å². The smallest absolute Gasteiger partial charge is 0.0221 e. The second-order valence-corrected chi connectivity index (χ2v) is 3.36. The van der Waals surface area contributed by atoms with E-state index in [4.69, 9.17) is 5.73 Å². The number of likely N-dealkylation sites (tertiary alicyclic amines) is 1. The van der Waals surface area contributed by atoms with E-state index >= 15 is 0 Å². The van der Waals surface area contributed by atoms with Crippen LogP contribution in [0.2, 0.25) is 0 Å². The maximum atomic E-state index is 5.62. The van der Waals surface area contributed by atoms with Gasteiger partial charge in [-0.15, -0.1) is 0 Å². The Morgan fingerprint density at radius 3 is 2.70 bits per heavy atom. The largest absolute Gasteiger partial charge is 0.329 e. The summed E-state index contributed by atoms with van der Waals surface area (Å²) in [5, 5.41) is 0. The number of hydrogen-bond donors (Lipinski definition) is 1. The molecule has 0 aliphatic carbocycles. The summed E-state index contributed by atoms with van der Waals surface area (Å²) in [5.74, 6) is 0. The van der Waals surface area contributed by atoms with E-state index in [2.05, 4.69) is 18.7 Å². The van der Waals surface area contributed by atoms with Crippen LogP contribution in [0.1, 0.15) is 26.7 Å². The van der Waals surface area contributed by atoms with Gasteiger partial charge in [0.15, 0.2) is 0 Å². The predicted molar refractivity (Wildman–Crippen MR) is 43.9 cm³/mol. The molecule has 1 heterocycles. The van der Waals surface area contributed by atoms with Gasteiger partial charge < -0.3 is 5.73 Å². The molecule has 2 heteroatoms. The van der Waals surface area contributed by atoms with E-state index in [1.807, 2.05) is 0 Å². The first-order chi connectivity index (χ1) is 4.75. The molecule has 1 fully saturated rings. The third kappa shape index (κ3) is 1.50. The molecule has 1 rings (SSSR count). The first-order valence-corrected chi connectivity index (χ1v) is 4.21. The average molecular weight is 142 g/mol. The van der Waals surface area contributed by atoms with Crippen molar-refractivity contribution in [3.63, 3.8) is 0 Å². The van der Waals surface area contributed by atoms with Gasteiger partial charge in [0.25, 0.3) is 0 Å². The molecule has 0 aromatic carbocycles. The Morgan fingerprint density at radius 2 is 2.30 bits per heavy atom. The van der Waals surface area contributed by atoms with Crippen molar-refractivity contribution in [1.82, 2.24) is 4.90 Å². The lowest BCUT2D eigenvalue weighted by Gasteiger charge is -2.26. The fourth-order valence-corrected chi connectivity index (χ4v) is 1.79. The number of nitrogens with zero attached hydrogens (tertiary/aromatic N) is 1. The van der Waals surface area contributed by atoms with Gasteiger partial charge in [-0.05, 0) is 33.2 Å². The molecular formula is C8H18N2. The van der Waals surface area contributed by atoms with Gasteiger partial charge in [0.1, 0.15) is 0 Å². The Kier molecular flexibility index (Phi) is 2.69. The SMILES string of the molecule is CC(C)N1CCC[C@H]1CN. The van der Waals surface area contributed by atoms with Crippen molar-refractivity contribution >= 4 is 0 Å². The van der Waals surface area contributed by atoms with E-state index in [9.17, 15) is 0 Å². The zero-order valence-corrected chi connectivity index (χ0v) is 7.01. The van der Waals surface area contributed by atoms with Gasteiger partial charge in [0.2, 0.25) is 0 Å². The first-order valence-electron chi connectivity index (χ1n) is 4.21.